The van der Waals surface area contributed by atoms with Gasteiger partial charge in [-0.15, -0.1) is 0 Å². The lowest BCUT2D eigenvalue weighted by molar-refractivity contribution is -0.137. The molecule has 0 radical (unpaired) electrons. The number of hydrogen-bond donors (Lipinski definition) is 1. The zero-order valence-electron chi connectivity index (χ0n) is 17.1. The Morgan fingerprint density at radius 3 is 1.88 bits per heavy atom. The number of halogens is 5. The first-order valence-electron chi connectivity index (χ1n) is 9.92. The number of alkyl halides is 4. The molecule has 3 aromatic carbocycles. The first kappa shape index (κ1) is 23.6. The molecule has 1 aliphatic rings. The number of fused-ring (bicyclic) bond motifs is 1. The average molecular weight is 535 g/mol. The van der Waals surface area contributed by atoms with E-state index in [0.717, 1.165) is 24.3 Å². The molecule has 10 heteroatoms. The Kier molecular flexibility index (Phi) is 6.26. The average Bonchev–Trinajstić information content (AvgIpc) is 3.05. The Labute approximate surface area is 199 Å². The van der Waals surface area contributed by atoms with E-state index < -0.39 is 41.7 Å². The number of carbonyl (C=O) groups excluding carboxylic acids is 3. The number of anilines is 1. The van der Waals surface area contributed by atoms with Crippen LogP contribution >= 0.6 is 15.9 Å². The zero-order chi connectivity index (χ0) is 24.6. The van der Waals surface area contributed by atoms with Crippen LogP contribution < -0.4 is 5.32 Å². The number of carbonyl (C=O) groups is 3. The predicted molar refractivity (Wildman–Crippen MR) is 119 cm³/mol. The molecular formula is C24H15BrF4N2O3. The second-order valence-corrected chi connectivity index (χ2v) is 8.40. The van der Waals surface area contributed by atoms with Crippen molar-refractivity contribution in [3.63, 3.8) is 0 Å². The third-order valence-electron chi connectivity index (χ3n) is 5.32. The van der Waals surface area contributed by atoms with Crippen LogP contribution in [0.3, 0.4) is 0 Å². The van der Waals surface area contributed by atoms with Crippen LogP contribution in [0.5, 0.6) is 0 Å². The van der Waals surface area contributed by atoms with Gasteiger partial charge in [-0.3, -0.25) is 19.3 Å². The van der Waals surface area contributed by atoms with Gasteiger partial charge in [-0.2, -0.15) is 13.2 Å². The quantitative estimate of drug-likeness (QED) is 0.333. The van der Waals surface area contributed by atoms with Crippen LogP contribution in [0.2, 0.25) is 0 Å². The van der Waals surface area contributed by atoms with E-state index in [1.165, 1.54) is 48.5 Å². The van der Waals surface area contributed by atoms with Crippen molar-refractivity contribution in [3.05, 3.63) is 99.5 Å². The van der Waals surface area contributed by atoms with Gasteiger partial charge in [0, 0.05) is 10.2 Å². The fraction of sp³-hybridized carbons (Fsp3) is 0.125. The van der Waals surface area contributed by atoms with E-state index in [0.29, 0.717) is 9.37 Å². The molecular weight excluding hydrogens is 520 g/mol. The van der Waals surface area contributed by atoms with Crippen molar-refractivity contribution >= 4 is 39.3 Å². The van der Waals surface area contributed by atoms with E-state index in [9.17, 15) is 27.6 Å². The Hall–Kier alpha value is -3.53. The van der Waals surface area contributed by atoms with Gasteiger partial charge in [-0.05, 0) is 54.1 Å². The Morgan fingerprint density at radius 1 is 0.853 bits per heavy atom. The normalized spacial score (nSPS) is 15.1. The third kappa shape index (κ3) is 4.45. The number of rotatable bonds is 5. The van der Waals surface area contributed by atoms with Gasteiger partial charge < -0.3 is 5.32 Å². The highest BCUT2D eigenvalue weighted by molar-refractivity contribution is 9.10. The van der Waals surface area contributed by atoms with Crippen molar-refractivity contribution in [2.24, 2.45) is 0 Å². The van der Waals surface area contributed by atoms with Gasteiger partial charge in [0.25, 0.3) is 17.7 Å². The molecule has 0 aliphatic carbocycles. The summed E-state index contributed by atoms with van der Waals surface area (Å²) in [4.78, 5) is 39.7. The smallest absolute Gasteiger partial charge is 0.324 e. The number of imide groups is 1. The van der Waals surface area contributed by atoms with Gasteiger partial charge >= 0.3 is 6.18 Å². The van der Waals surface area contributed by atoms with Gasteiger partial charge in [-0.25, -0.2) is 4.39 Å². The SMILES string of the molecule is O=C(Nc1ccc(C(F)(F)F)cc1)[C@H]([C@@H](F)c1ccc(Br)cc1)N1C(=O)c2ccccc2C1=O. The summed E-state index contributed by atoms with van der Waals surface area (Å²) in [5.74, 6) is -2.74. The summed E-state index contributed by atoms with van der Waals surface area (Å²) in [7, 11) is 0. The van der Waals surface area contributed by atoms with E-state index in [1.807, 2.05) is 0 Å². The van der Waals surface area contributed by atoms with Crippen molar-refractivity contribution < 1.29 is 31.9 Å². The first-order valence-corrected chi connectivity index (χ1v) is 10.7. The number of nitrogens with one attached hydrogen (secondary N) is 1. The highest BCUT2D eigenvalue weighted by atomic mass is 79.9. The van der Waals surface area contributed by atoms with Gasteiger partial charge in [-0.1, -0.05) is 40.2 Å². The molecule has 3 aromatic rings. The summed E-state index contributed by atoms with van der Waals surface area (Å²) in [6.07, 6.45) is -6.68. The summed E-state index contributed by atoms with van der Waals surface area (Å²) >= 11 is 3.23. The molecule has 174 valence electrons. The highest BCUT2D eigenvalue weighted by Crippen LogP contribution is 2.34. The first-order chi connectivity index (χ1) is 16.1. The number of hydrogen-bond acceptors (Lipinski definition) is 3. The number of nitrogens with zero attached hydrogens (tertiary/aromatic N) is 1. The lowest BCUT2D eigenvalue weighted by atomic mass is 10.0. The van der Waals surface area contributed by atoms with E-state index in [2.05, 4.69) is 21.2 Å². The maximum absolute atomic E-state index is 15.8. The molecule has 1 heterocycles. The molecule has 0 unspecified atom stereocenters. The molecule has 0 saturated heterocycles. The minimum absolute atomic E-state index is 0.0304. The second kappa shape index (κ2) is 9.02. The molecule has 0 bridgehead atoms. The van der Waals surface area contributed by atoms with Crippen LogP contribution in [0.4, 0.5) is 23.2 Å². The van der Waals surface area contributed by atoms with E-state index in [1.54, 1.807) is 0 Å². The molecule has 34 heavy (non-hydrogen) atoms. The van der Waals surface area contributed by atoms with E-state index in [4.69, 9.17) is 0 Å². The van der Waals surface area contributed by atoms with Crippen molar-refractivity contribution in [3.8, 4) is 0 Å². The van der Waals surface area contributed by atoms with Crippen LogP contribution in [0.25, 0.3) is 0 Å². The van der Waals surface area contributed by atoms with Gasteiger partial charge in [0.15, 0.2) is 12.2 Å². The maximum Gasteiger partial charge on any atom is 0.416 e. The van der Waals surface area contributed by atoms with Crippen LogP contribution in [0.15, 0.2) is 77.3 Å². The molecule has 5 nitrogen and oxygen atoms in total. The third-order valence-corrected chi connectivity index (χ3v) is 5.85. The lowest BCUT2D eigenvalue weighted by Gasteiger charge is -2.28. The summed E-state index contributed by atoms with van der Waals surface area (Å²) in [6.45, 7) is 0. The van der Waals surface area contributed by atoms with Crippen molar-refractivity contribution in [1.82, 2.24) is 4.90 Å². The van der Waals surface area contributed by atoms with Crippen LogP contribution in [-0.4, -0.2) is 28.7 Å². The van der Waals surface area contributed by atoms with Crippen molar-refractivity contribution in [2.75, 3.05) is 5.32 Å². The van der Waals surface area contributed by atoms with Crippen LogP contribution in [0.1, 0.15) is 38.0 Å². The number of benzene rings is 3. The summed E-state index contributed by atoms with van der Waals surface area (Å²) < 4.78 is 54.9. The van der Waals surface area contributed by atoms with E-state index in [-0.39, 0.29) is 22.4 Å². The van der Waals surface area contributed by atoms with Gasteiger partial charge in [0.2, 0.25) is 0 Å². The highest BCUT2D eigenvalue weighted by Gasteiger charge is 2.47. The van der Waals surface area contributed by atoms with Crippen LogP contribution in [0, 0.1) is 0 Å². The fourth-order valence-corrected chi connectivity index (χ4v) is 3.89. The van der Waals surface area contributed by atoms with Crippen molar-refractivity contribution in [1.29, 1.82) is 0 Å². The summed E-state index contributed by atoms with van der Waals surface area (Å²) in [5, 5.41) is 2.33. The molecule has 3 amide bonds. The Balaban J connectivity index is 1.69. The zero-order valence-corrected chi connectivity index (χ0v) is 18.7. The minimum Gasteiger partial charge on any atom is -0.324 e. The molecule has 0 fully saturated rings. The monoisotopic (exact) mass is 534 g/mol. The molecule has 2 atom stereocenters. The molecule has 0 spiro atoms. The molecule has 0 saturated carbocycles. The van der Waals surface area contributed by atoms with Gasteiger partial charge in [0.1, 0.15) is 0 Å². The Bertz CT molecular complexity index is 1230. The lowest BCUT2D eigenvalue weighted by Crippen LogP contribution is -2.49. The fourth-order valence-electron chi connectivity index (χ4n) is 3.63. The van der Waals surface area contributed by atoms with Gasteiger partial charge in [0.05, 0.1) is 16.7 Å². The standard InChI is InChI=1S/C24H15BrF4N2O3/c25-15-9-5-13(6-10-15)19(26)20(31-22(33)17-3-1-2-4-18(17)23(31)34)21(32)30-16-11-7-14(8-12-16)24(27,28)29/h1-12,19-20H,(H,30,32)/t19-,20-/m0/s1. The second-order valence-electron chi connectivity index (χ2n) is 7.49. The molecule has 4 rings (SSSR count). The van der Waals surface area contributed by atoms with Crippen LogP contribution in [-0.2, 0) is 11.0 Å². The minimum atomic E-state index is -4.57. The largest absolute Gasteiger partial charge is 0.416 e. The van der Waals surface area contributed by atoms with Crippen molar-refractivity contribution in [2.45, 2.75) is 18.4 Å². The maximum atomic E-state index is 15.8. The Morgan fingerprint density at radius 2 is 1.38 bits per heavy atom. The predicted octanol–water partition coefficient (Wildman–Crippen LogP) is 5.78. The summed E-state index contributed by atoms with van der Waals surface area (Å²) in [6, 6.07) is 13.3. The molecule has 0 aromatic heterocycles. The van der Waals surface area contributed by atoms with E-state index >= 15 is 4.39 Å². The molecule has 1 aliphatic heterocycles. The molecule has 1 N–H and O–H groups in total. The number of amides is 3. The topological polar surface area (TPSA) is 66.5 Å². The summed E-state index contributed by atoms with van der Waals surface area (Å²) in [5.41, 5.74) is -0.888.